The summed E-state index contributed by atoms with van der Waals surface area (Å²) in [6, 6.07) is -0.253. The number of aliphatic hydroxyl groups is 1. The Morgan fingerprint density at radius 3 is 2.58 bits per heavy atom. The van der Waals surface area contributed by atoms with Gasteiger partial charge in [-0.3, -0.25) is 0 Å². The van der Waals surface area contributed by atoms with Crippen LogP contribution in [0.5, 0.6) is 0 Å². The smallest absolute Gasteiger partial charge is 0.322 e. The van der Waals surface area contributed by atoms with Crippen molar-refractivity contribution in [1.29, 1.82) is 0 Å². The van der Waals surface area contributed by atoms with Crippen LogP contribution in [0.15, 0.2) is 4.52 Å². The fourth-order valence-corrected chi connectivity index (χ4v) is 1.81. The standard InChI is InChI=1S/C13H23N3O3/c1-6-11-12(10(5)15-19-11)14-13(18)16(8(2)3)7-9(4)17/h8-9,17H,6-7H2,1-5H3,(H,14,18). The van der Waals surface area contributed by atoms with E-state index in [4.69, 9.17) is 4.52 Å². The topological polar surface area (TPSA) is 78.6 Å². The number of rotatable bonds is 5. The first kappa shape index (κ1) is 15.5. The number of hydrogen-bond donors (Lipinski definition) is 2. The second-order valence-electron chi connectivity index (χ2n) is 4.94. The van der Waals surface area contributed by atoms with E-state index >= 15 is 0 Å². The van der Waals surface area contributed by atoms with E-state index in [-0.39, 0.29) is 18.6 Å². The molecule has 1 aromatic rings. The van der Waals surface area contributed by atoms with Gasteiger partial charge >= 0.3 is 6.03 Å². The van der Waals surface area contributed by atoms with Gasteiger partial charge in [0.1, 0.15) is 11.4 Å². The van der Waals surface area contributed by atoms with Gasteiger partial charge in [0.05, 0.1) is 6.10 Å². The summed E-state index contributed by atoms with van der Waals surface area (Å²) in [5.41, 5.74) is 1.29. The molecule has 0 bridgehead atoms. The highest BCUT2D eigenvalue weighted by Crippen LogP contribution is 2.21. The summed E-state index contributed by atoms with van der Waals surface area (Å²) >= 11 is 0. The predicted molar refractivity (Wildman–Crippen MR) is 73.2 cm³/mol. The van der Waals surface area contributed by atoms with E-state index in [1.807, 2.05) is 20.8 Å². The van der Waals surface area contributed by atoms with Crippen LogP contribution in [0, 0.1) is 6.92 Å². The summed E-state index contributed by atoms with van der Waals surface area (Å²) in [6.45, 7) is 9.48. The molecule has 6 nitrogen and oxygen atoms in total. The zero-order valence-corrected chi connectivity index (χ0v) is 12.2. The molecule has 6 heteroatoms. The number of nitrogens with one attached hydrogen (secondary N) is 1. The quantitative estimate of drug-likeness (QED) is 0.858. The van der Waals surface area contributed by atoms with Crippen LogP contribution in [-0.4, -0.2) is 39.9 Å². The van der Waals surface area contributed by atoms with Crippen molar-refractivity contribution in [2.45, 2.75) is 53.2 Å². The van der Waals surface area contributed by atoms with Gasteiger partial charge < -0.3 is 19.8 Å². The van der Waals surface area contributed by atoms with Gasteiger partial charge in [0.15, 0.2) is 5.76 Å². The van der Waals surface area contributed by atoms with Crippen LogP contribution < -0.4 is 5.32 Å². The Kier molecular flexibility index (Phi) is 5.35. The molecule has 1 aromatic heterocycles. The second kappa shape index (κ2) is 6.56. The molecule has 0 aliphatic heterocycles. The van der Waals surface area contributed by atoms with Crippen molar-refractivity contribution < 1.29 is 14.4 Å². The van der Waals surface area contributed by atoms with Gasteiger partial charge in [0, 0.05) is 19.0 Å². The number of urea groups is 1. The van der Waals surface area contributed by atoms with Crippen molar-refractivity contribution in [2.24, 2.45) is 0 Å². The summed E-state index contributed by atoms with van der Waals surface area (Å²) in [6.07, 6.45) is 0.0940. The van der Waals surface area contributed by atoms with Crippen molar-refractivity contribution >= 4 is 11.7 Å². The monoisotopic (exact) mass is 269 g/mol. The molecule has 1 unspecified atom stereocenters. The maximum absolute atomic E-state index is 12.2. The minimum atomic E-state index is -0.567. The van der Waals surface area contributed by atoms with Gasteiger partial charge in [-0.1, -0.05) is 12.1 Å². The van der Waals surface area contributed by atoms with Crippen molar-refractivity contribution in [2.75, 3.05) is 11.9 Å². The Balaban J connectivity index is 2.84. The number of carbonyl (C=O) groups is 1. The highest BCUT2D eigenvalue weighted by Gasteiger charge is 2.21. The molecule has 0 aromatic carbocycles. The number of aryl methyl sites for hydroxylation is 2. The molecule has 2 N–H and O–H groups in total. The molecule has 0 aliphatic carbocycles. The third kappa shape index (κ3) is 3.96. The average Bonchev–Trinajstić information content (AvgIpc) is 2.67. The van der Waals surface area contributed by atoms with Crippen LogP contribution in [0.25, 0.3) is 0 Å². The van der Waals surface area contributed by atoms with E-state index < -0.39 is 6.10 Å². The summed E-state index contributed by atoms with van der Waals surface area (Å²) in [5, 5.41) is 16.1. The van der Waals surface area contributed by atoms with Crippen LogP contribution in [0.4, 0.5) is 10.5 Å². The van der Waals surface area contributed by atoms with E-state index in [2.05, 4.69) is 10.5 Å². The van der Waals surface area contributed by atoms with E-state index in [0.29, 0.717) is 23.6 Å². The van der Waals surface area contributed by atoms with Gasteiger partial charge in [-0.15, -0.1) is 0 Å². The average molecular weight is 269 g/mol. The molecule has 0 aliphatic rings. The van der Waals surface area contributed by atoms with E-state index in [9.17, 15) is 9.90 Å². The van der Waals surface area contributed by atoms with Gasteiger partial charge in [0.25, 0.3) is 0 Å². The maximum atomic E-state index is 12.2. The number of aliphatic hydroxyl groups excluding tert-OH is 1. The molecular formula is C13H23N3O3. The fourth-order valence-electron chi connectivity index (χ4n) is 1.81. The number of hydrogen-bond acceptors (Lipinski definition) is 4. The summed E-state index contributed by atoms with van der Waals surface area (Å²) in [4.78, 5) is 13.8. The lowest BCUT2D eigenvalue weighted by Crippen LogP contribution is -2.44. The van der Waals surface area contributed by atoms with Crippen LogP contribution in [0.1, 0.15) is 39.1 Å². The lowest BCUT2D eigenvalue weighted by molar-refractivity contribution is 0.125. The van der Waals surface area contributed by atoms with Gasteiger partial charge in [-0.05, 0) is 27.7 Å². The molecule has 2 amide bonds. The molecular weight excluding hydrogens is 246 g/mol. The first-order chi connectivity index (χ1) is 8.86. The summed E-state index contributed by atoms with van der Waals surface area (Å²) < 4.78 is 5.13. The van der Waals surface area contributed by atoms with Crippen molar-refractivity contribution in [1.82, 2.24) is 10.1 Å². The third-order valence-corrected chi connectivity index (χ3v) is 2.83. The molecule has 19 heavy (non-hydrogen) atoms. The first-order valence-electron chi connectivity index (χ1n) is 6.57. The Morgan fingerprint density at radius 2 is 2.11 bits per heavy atom. The molecule has 0 fully saturated rings. The number of carbonyl (C=O) groups excluding carboxylic acids is 1. The molecule has 0 saturated carbocycles. The highest BCUT2D eigenvalue weighted by molar-refractivity contribution is 5.90. The SMILES string of the molecule is CCc1onc(C)c1NC(=O)N(CC(C)O)C(C)C. The van der Waals surface area contributed by atoms with Crippen molar-refractivity contribution in [3.05, 3.63) is 11.5 Å². The first-order valence-corrected chi connectivity index (χ1v) is 6.57. The lowest BCUT2D eigenvalue weighted by atomic mass is 10.2. The van der Waals surface area contributed by atoms with E-state index in [1.54, 1.807) is 18.7 Å². The van der Waals surface area contributed by atoms with Crippen molar-refractivity contribution in [3.63, 3.8) is 0 Å². The van der Waals surface area contributed by atoms with Crippen molar-refractivity contribution in [3.8, 4) is 0 Å². The number of anilines is 1. The molecule has 0 radical (unpaired) electrons. The molecule has 0 spiro atoms. The Labute approximate surface area is 113 Å². The number of nitrogens with zero attached hydrogens (tertiary/aromatic N) is 2. The van der Waals surface area contributed by atoms with Gasteiger partial charge in [-0.25, -0.2) is 4.79 Å². The minimum Gasteiger partial charge on any atom is -0.392 e. The summed E-state index contributed by atoms with van der Waals surface area (Å²) in [5.74, 6) is 0.659. The Bertz CT molecular complexity index is 427. The zero-order chi connectivity index (χ0) is 14.6. The third-order valence-electron chi connectivity index (χ3n) is 2.83. The number of amides is 2. The van der Waals surface area contributed by atoms with Crippen LogP contribution in [-0.2, 0) is 6.42 Å². The molecule has 1 rings (SSSR count). The zero-order valence-electron chi connectivity index (χ0n) is 12.2. The van der Waals surface area contributed by atoms with Gasteiger partial charge in [0.2, 0.25) is 0 Å². The van der Waals surface area contributed by atoms with Crippen LogP contribution >= 0.6 is 0 Å². The van der Waals surface area contributed by atoms with E-state index in [0.717, 1.165) is 0 Å². The highest BCUT2D eigenvalue weighted by atomic mass is 16.5. The van der Waals surface area contributed by atoms with Crippen LogP contribution in [0.3, 0.4) is 0 Å². The Morgan fingerprint density at radius 1 is 1.47 bits per heavy atom. The van der Waals surface area contributed by atoms with Gasteiger partial charge in [-0.2, -0.15) is 0 Å². The predicted octanol–water partition coefficient (Wildman–Crippen LogP) is 2.17. The molecule has 1 heterocycles. The fraction of sp³-hybridized carbons (Fsp3) is 0.692. The number of aromatic nitrogens is 1. The Hall–Kier alpha value is -1.56. The lowest BCUT2D eigenvalue weighted by Gasteiger charge is -2.28. The second-order valence-corrected chi connectivity index (χ2v) is 4.94. The normalized spacial score (nSPS) is 12.6. The maximum Gasteiger partial charge on any atom is 0.322 e. The minimum absolute atomic E-state index is 0.000146. The van der Waals surface area contributed by atoms with E-state index in [1.165, 1.54) is 0 Å². The molecule has 108 valence electrons. The largest absolute Gasteiger partial charge is 0.392 e. The molecule has 0 saturated heterocycles. The van der Waals surface area contributed by atoms with Crippen LogP contribution in [0.2, 0.25) is 0 Å². The molecule has 1 atom stereocenters. The summed E-state index contributed by atoms with van der Waals surface area (Å²) in [7, 11) is 0.